The summed E-state index contributed by atoms with van der Waals surface area (Å²) in [6.45, 7) is -0.149. The van der Waals surface area contributed by atoms with Crippen LogP contribution in [0.1, 0.15) is 20.8 Å². The maximum atomic E-state index is 12.4. The van der Waals surface area contributed by atoms with E-state index in [0.717, 1.165) is 10.4 Å². The fourth-order valence-corrected chi connectivity index (χ4v) is 3.15. The van der Waals surface area contributed by atoms with Gasteiger partial charge in [0, 0.05) is 23.7 Å². The predicted octanol–water partition coefficient (Wildman–Crippen LogP) is 1.60. The highest BCUT2D eigenvalue weighted by molar-refractivity contribution is 7.17. The molecule has 0 aliphatic heterocycles. The second-order valence-electron chi connectivity index (χ2n) is 4.83. The summed E-state index contributed by atoms with van der Waals surface area (Å²) in [6, 6.07) is 11.7. The number of amides is 1. The molecule has 0 bridgehead atoms. The Kier molecular flexibility index (Phi) is 4.17. The van der Waals surface area contributed by atoms with E-state index >= 15 is 0 Å². The Bertz CT molecular complexity index is 954. The number of hydrogen-bond donors (Lipinski definition) is 1. The van der Waals surface area contributed by atoms with Crippen LogP contribution >= 0.6 is 11.3 Å². The topological polar surface area (TPSA) is 87.3 Å². The van der Waals surface area contributed by atoms with Gasteiger partial charge in [-0.15, -0.1) is 11.3 Å². The number of fused-ring (bicyclic) bond motifs is 1. The minimum atomic E-state index is -0.589. The summed E-state index contributed by atoms with van der Waals surface area (Å²) in [5.41, 5.74) is 0.641. The van der Waals surface area contributed by atoms with Crippen LogP contribution in [-0.2, 0) is 6.42 Å². The fourth-order valence-electron chi connectivity index (χ4n) is 2.18. The molecule has 114 valence electrons. The van der Waals surface area contributed by atoms with Crippen molar-refractivity contribution in [2.24, 2.45) is 0 Å². The minimum Gasteiger partial charge on any atom is -0.339 e. The molecule has 3 rings (SSSR count). The van der Waals surface area contributed by atoms with Crippen LogP contribution < -0.4 is 10.9 Å². The Morgan fingerprint density at radius 3 is 2.87 bits per heavy atom. The lowest BCUT2D eigenvalue weighted by Crippen LogP contribution is -2.31. The van der Waals surface area contributed by atoms with Crippen molar-refractivity contribution in [2.75, 3.05) is 6.54 Å². The van der Waals surface area contributed by atoms with Gasteiger partial charge < -0.3 is 5.32 Å². The van der Waals surface area contributed by atoms with Gasteiger partial charge in [-0.05, 0) is 5.56 Å². The van der Waals surface area contributed by atoms with Gasteiger partial charge in [0.15, 0.2) is 4.96 Å². The van der Waals surface area contributed by atoms with Crippen molar-refractivity contribution in [1.82, 2.24) is 14.7 Å². The summed E-state index contributed by atoms with van der Waals surface area (Å²) in [5, 5.41) is 10.8. The van der Waals surface area contributed by atoms with Crippen LogP contribution in [0.4, 0.5) is 0 Å². The van der Waals surface area contributed by atoms with Crippen LogP contribution in [0.25, 0.3) is 4.96 Å². The Balaban J connectivity index is 1.94. The van der Waals surface area contributed by atoms with E-state index in [-0.39, 0.29) is 12.1 Å². The van der Waals surface area contributed by atoms with E-state index in [1.165, 1.54) is 21.9 Å². The molecule has 0 saturated carbocycles. The highest BCUT2D eigenvalue weighted by atomic mass is 32.1. The molecule has 7 heteroatoms. The van der Waals surface area contributed by atoms with Crippen molar-refractivity contribution in [3.8, 4) is 6.07 Å². The molecule has 0 fully saturated rings. The van der Waals surface area contributed by atoms with Gasteiger partial charge in [0.1, 0.15) is 12.1 Å². The average molecular weight is 324 g/mol. The summed E-state index contributed by atoms with van der Waals surface area (Å²) < 4.78 is 1.38. The van der Waals surface area contributed by atoms with Crippen LogP contribution in [0.5, 0.6) is 0 Å². The molecule has 6 nitrogen and oxygen atoms in total. The van der Waals surface area contributed by atoms with Crippen molar-refractivity contribution in [2.45, 2.75) is 6.42 Å². The zero-order valence-electron chi connectivity index (χ0n) is 12.0. The van der Waals surface area contributed by atoms with Crippen molar-refractivity contribution in [3.05, 3.63) is 69.1 Å². The van der Waals surface area contributed by atoms with Gasteiger partial charge in [-0.25, -0.2) is 4.98 Å². The first-order chi connectivity index (χ1) is 11.2. The number of nitrogens with zero attached hydrogens (tertiary/aromatic N) is 3. The molecule has 0 unspecified atom stereocenters. The normalized spacial score (nSPS) is 10.4. The van der Waals surface area contributed by atoms with Gasteiger partial charge in [0.05, 0.1) is 6.07 Å². The van der Waals surface area contributed by atoms with Crippen molar-refractivity contribution in [1.29, 1.82) is 5.26 Å². The van der Waals surface area contributed by atoms with E-state index in [9.17, 15) is 9.59 Å². The Hall–Kier alpha value is -2.98. The number of carbonyl (C=O) groups excluding carboxylic acids is 1. The molecule has 3 aromatic rings. The molecule has 0 radical (unpaired) electrons. The van der Waals surface area contributed by atoms with Crippen LogP contribution in [-0.4, -0.2) is 21.8 Å². The minimum absolute atomic E-state index is 0.0678. The smallest absolute Gasteiger partial charge is 0.271 e. The lowest BCUT2D eigenvalue weighted by atomic mass is 10.1. The Morgan fingerprint density at radius 2 is 2.13 bits per heavy atom. The summed E-state index contributed by atoms with van der Waals surface area (Å²) in [6.07, 6.45) is 3.67. The van der Waals surface area contributed by atoms with Crippen molar-refractivity contribution >= 4 is 22.2 Å². The zero-order valence-corrected chi connectivity index (χ0v) is 12.8. The van der Waals surface area contributed by atoms with Crippen molar-refractivity contribution < 1.29 is 4.79 Å². The highest BCUT2D eigenvalue weighted by Gasteiger charge is 2.14. The number of hydrogen-bond acceptors (Lipinski definition) is 5. The van der Waals surface area contributed by atoms with Gasteiger partial charge >= 0.3 is 0 Å². The number of nitriles is 1. The molecule has 0 aliphatic rings. The van der Waals surface area contributed by atoms with Crippen LogP contribution in [0, 0.1) is 11.3 Å². The summed E-state index contributed by atoms with van der Waals surface area (Å²) >= 11 is 1.41. The maximum Gasteiger partial charge on any atom is 0.271 e. The molecule has 1 N–H and O–H groups in total. The fraction of sp³-hybridized carbons (Fsp3) is 0.125. The molecule has 0 atom stereocenters. The van der Waals surface area contributed by atoms with Gasteiger partial charge in [-0.3, -0.25) is 14.0 Å². The average Bonchev–Trinajstić information content (AvgIpc) is 2.97. The number of carbonyl (C=O) groups is 1. The molecule has 0 spiro atoms. The van der Waals surface area contributed by atoms with Gasteiger partial charge in [-0.1, -0.05) is 30.3 Å². The molecule has 0 saturated heterocycles. The number of thiazole rings is 1. The molecular formula is C16H12N4O2S. The van der Waals surface area contributed by atoms with E-state index in [2.05, 4.69) is 10.3 Å². The Labute approximate surface area is 135 Å². The molecule has 2 heterocycles. The SMILES string of the molecule is N#CCNC(=O)c1cnc2sc(Cc3ccccc3)cn2c1=O. The second kappa shape index (κ2) is 6.42. The number of benzene rings is 1. The first-order valence-electron chi connectivity index (χ1n) is 6.88. The predicted molar refractivity (Wildman–Crippen MR) is 86.5 cm³/mol. The van der Waals surface area contributed by atoms with E-state index < -0.39 is 11.5 Å². The number of nitrogens with one attached hydrogen (secondary N) is 1. The third kappa shape index (κ3) is 3.12. The Morgan fingerprint density at radius 1 is 1.35 bits per heavy atom. The first-order valence-corrected chi connectivity index (χ1v) is 7.70. The summed E-state index contributed by atoms with van der Waals surface area (Å²) in [5.74, 6) is -0.589. The monoisotopic (exact) mass is 324 g/mol. The van der Waals surface area contributed by atoms with Crippen molar-refractivity contribution in [3.63, 3.8) is 0 Å². The maximum absolute atomic E-state index is 12.4. The van der Waals surface area contributed by atoms with Crippen LogP contribution in [0.2, 0.25) is 0 Å². The number of rotatable bonds is 4. The third-order valence-electron chi connectivity index (χ3n) is 3.25. The molecule has 1 aromatic carbocycles. The van der Waals surface area contributed by atoms with E-state index in [1.807, 2.05) is 30.3 Å². The lowest BCUT2D eigenvalue weighted by Gasteiger charge is -2.00. The molecule has 1 amide bonds. The van der Waals surface area contributed by atoms with Crippen LogP contribution in [0.3, 0.4) is 0 Å². The molecular weight excluding hydrogens is 312 g/mol. The summed E-state index contributed by atoms with van der Waals surface area (Å²) in [4.78, 5) is 29.9. The summed E-state index contributed by atoms with van der Waals surface area (Å²) in [7, 11) is 0. The van der Waals surface area contributed by atoms with Gasteiger partial charge in [0.25, 0.3) is 11.5 Å². The number of aromatic nitrogens is 2. The molecule has 23 heavy (non-hydrogen) atoms. The quantitative estimate of drug-likeness (QED) is 0.738. The van der Waals surface area contributed by atoms with Gasteiger partial charge in [0.2, 0.25) is 0 Å². The largest absolute Gasteiger partial charge is 0.339 e. The first kappa shape index (κ1) is 14.9. The van der Waals surface area contributed by atoms with Crippen LogP contribution in [0.15, 0.2) is 47.5 Å². The second-order valence-corrected chi connectivity index (χ2v) is 5.92. The van der Waals surface area contributed by atoms with E-state index in [0.29, 0.717) is 11.4 Å². The van der Waals surface area contributed by atoms with Gasteiger partial charge in [-0.2, -0.15) is 5.26 Å². The standard InChI is InChI=1S/C16H12N4O2S/c17-6-7-18-14(21)13-9-19-16-20(15(13)22)10-12(23-16)8-11-4-2-1-3-5-11/h1-5,9-10H,7-8H2,(H,18,21). The third-order valence-corrected chi connectivity index (χ3v) is 4.25. The highest BCUT2D eigenvalue weighted by Crippen LogP contribution is 2.18. The molecule has 0 aliphatic carbocycles. The molecule has 2 aromatic heterocycles. The zero-order chi connectivity index (χ0) is 16.2. The van der Waals surface area contributed by atoms with E-state index in [4.69, 9.17) is 5.26 Å². The van der Waals surface area contributed by atoms with E-state index in [1.54, 1.807) is 12.3 Å². The lowest BCUT2D eigenvalue weighted by molar-refractivity contribution is 0.0956.